The zero-order valence-corrected chi connectivity index (χ0v) is 14.6. The van der Waals surface area contributed by atoms with Crippen LogP contribution in [0.2, 0.25) is 0 Å². The third kappa shape index (κ3) is 4.67. The molecule has 0 saturated carbocycles. The molecule has 6 nitrogen and oxygen atoms in total. The summed E-state index contributed by atoms with van der Waals surface area (Å²) in [5.74, 6) is -0.101. The highest BCUT2D eigenvalue weighted by Crippen LogP contribution is 2.20. The summed E-state index contributed by atoms with van der Waals surface area (Å²) >= 11 is 0. The summed E-state index contributed by atoms with van der Waals surface area (Å²) in [6, 6.07) is 16.8. The van der Waals surface area contributed by atoms with E-state index < -0.39 is 4.92 Å². The van der Waals surface area contributed by atoms with E-state index in [9.17, 15) is 14.9 Å². The van der Waals surface area contributed by atoms with E-state index in [4.69, 9.17) is 0 Å². The first kappa shape index (κ1) is 18.1. The van der Waals surface area contributed by atoms with Gasteiger partial charge in [0.05, 0.1) is 10.8 Å². The van der Waals surface area contributed by atoms with E-state index in [1.165, 1.54) is 11.6 Å². The average Bonchev–Trinajstić information content (AvgIpc) is 2.67. The first-order valence-electron chi connectivity index (χ1n) is 8.90. The maximum atomic E-state index is 12.5. The van der Waals surface area contributed by atoms with Crippen molar-refractivity contribution in [1.29, 1.82) is 0 Å². The molecule has 1 heterocycles. The third-order valence-electron chi connectivity index (χ3n) is 4.77. The van der Waals surface area contributed by atoms with Crippen molar-refractivity contribution in [1.82, 2.24) is 10.2 Å². The number of piperidine rings is 1. The van der Waals surface area contributed by atoms with Crippen molar-refractivity contribution in [2.45, 2.75) is 25.9 Å². The van der Waals surface area contributed by atoms with Crippen molar-refractivity contribution in [2.24, 2.45) is 5.92 Å². The minimum atomic E-state index is -0.413. The van der Waals surface area contributed by atoms with Crippen LogP contribution in [0.1, 0.15) is 24.0 Å². The number of hydrogen-bond acceptors (Lipinski definition) is 4. The highest BCUT2D eigenvalue weighted by Gasteiger charge is 2.26. The van der Waals surface area contributed by atoms with Gasteiger partial charge < -0.3 is 5.32 Å². The fourth-order valence-electron chi connectivity index (χ4n) is 3.42. The Morgan fingerprint density at radius 2 is 1.88 bits per heavy atom. The fourth-order valence-corrected chi connectivity index (χ4v) is 3.42. The number of nitrogens with zero attached hydrogens (tertiary/aromatic N) is 2. The molecule has 3 rings (SSSR count). The second-order valence-electron chi connectivity index (χ2n) is 6.66. The van der Waals surface area contributed by atoms with Crippen LogP contribution in [0.25, 0.3) is 0 Å². The number of carbonyl (C=O) groups excluding carboxylic acids is 1. The third-order valence-corrected chi connectivity index (χ3v) is 4.77. The molecule has 1 aliphatic heterocycles. The Morgan fingerprint density at radius 1 is 1.15 bits per heavy atom. The molecule has 26 heavy (non-hydrogen) atoms. The summed E-state index contributed by atoms with van der Waals surface area (Å²) in [6.45, 7) is 2.74. The zero-order valence-electron chi connectivity index (χ0n) is 14.6. The molecule has 0 aliphatic carbocycles. The van der Waals surface area contributed by atoms with Crippen LogP contribution in [-0.4, -0.2) is 28.8 Å². The summed E-state index contributed by atoms with van der Waals surface area (Å²) in [4.78, 5) is 25.5. The van der Waals surface area contributed by atoms with Gasteiger partial charge in [-0.1, -0.05) is 48.5 Å². The molecular weight excluding hydrogens is 330 g/mol. The molecule has 1 saturated heterocycles. The maximum Gasteiger partial charge on any atom is 0.274 e. The van der Waals surface area contributed by atoms with Crippen LogP contribution in [0.3, 0.4) is 0 Å². The van der Waals surface area contributed by atoms with Crippen LogP contribution >= 0.6 is 0 Å². The summed E-state index contributed by atoms with van der Waals surface area (Å²) in [5.41, 5.74) is 1.82. The number of nitro benzene ring substituents is 1. The number of hydrogen-bond donors (Lipinski definition) is 1. The van der Waals surface area contributed by atoms with Gasteiger partial charge in [-0.2, -0.15) is 0 Å². The van der Waals surface area contributed by atoms with Crippen LogP contribution < -0.4 is 5.32 Å². The minimum absolute atomic E-state index is 0.0269. The Balaban J connectivity index is 1.55. The number of carbonyl (C=O) groups is 1. The quantitative estimate of drug-likeness (QED) is 0.639. The summed E-state index contributed by atoms with van der Waals surface area (Å²) in [7, 11) is 0. The lowest BCUT2D eigenvalue weighted by Crippen LogP contribution is -2.42. The average molecular weight is 353 g/mol. The molecule has 1 unspecified atom stereocenters. The zero-order chi connectivity index (χ0) is 18.4. The highest BCUT2D eigenvalue weighted by atomic mass is 16.6. The molecule has 0 spiro atoms. The summed E-state index contributed by atoms with van der Waals surface area (Å²) in [5, 5.41) is 13.9. The number of benzene rings is 2. The van der Waals surface area contributed by atoms with E-state index >= 15 is 0 Å². The molecule has 2 aromatic rings. The lowest BCUT2D eigenvalue weighted by molar-refractivity contribution is -0.385. The Hall–Kier alpha value is -2.73. The number of nitrogens with one attached hydrogen (secondary N) is 1. The van der Waals surface area contributed by atoms with Gasteiger partial charge in [-0.25, -0.2) is 0 Å². The van der Waals surface area contributed by atoms with Gasteiger partial charge in [0.25, 0.3) is 5.69 Å². The van der Waals surface area contributed by atoms with Crippen LogP contribution in [-0.2, 0) is 17.9 Å². The fraction of sp³-hybridized carbons (Fsp3) is 0.350. The smallest absolute Gasteiger partial charge is 0.274 e. The van der Waals surface area contributed by atoms with Gasteiger partial charge >= 0.3 is 0 Å². The monoisotopic (exact) mass is 353 g/mol. The van der Waals surface area contributed by atoms with Crippen LogP contribution in [0.4, 0.5) is 5.69 Å². The predicted molar refractivity (Wildman–Crippen MR) is 99.4 cm³/mol. The van der Waals surface area contributed by atoms with Gasteiger partial charge in [-0.15, -0.1) is 0 Å². The molecule has 0 bridgehead atoms. The minimum Gasteiger partial charge on any atom is -0.351 e. The van der Waals surface area contributed by atoms with E-state index in [1.54, 1.807) is 18.2 Å². The standard InChI is InChI=1S/C20H23N3O3/c24-20(21-13-17-9-4-5-11-19(17)23(25)26)18-10-6-12-22(15-18)14-16-7-2-1-3-8-16/h1-5,7-9,11,18H,6,10,12-15H2,(H,21,24). The Morgan fingerprint density at radius 3 is 2.65 bits per heavy atom. The molecule has 1 atom stereocenters. The molecule has 0 aromatic heterocycles. The molecule has 136 valence electrons. The van der Waals surface area contributed by atoms with Gasteiger partial charge in [0.2, 0.25) is 5.91 Å². The first-order chi connectivity index (χ1) is 12.6. The summed E-state index contributed by atoms with van der Waals surface area (Å²) < 4.78 is 0. The highest BCUT2D eigenvalue weighted by molar-refractivity contribution is 5.79. The largest absolute Gasteiger partial charge is 0.351 e. The number of rotatable bonds is 6. The Labute approximate surface area is 153 Å². The molecule has 1 fully saturated rings. The van der Waals surface area contributed by atoms with Crippen molar-refractivity contribution in [2.75, 3.05) is 13.1 Å². The number of nitro groups is 1. The van der Waals surface area contributed by atoms with Crippen molar-refractivity contribution in [3.05, 3.63) is 75.8 Å². The van der Waals surface area contributed by atoms with Crippen molar-refractivity contribution >= 4 is 11.6 Å². The molecule has 2 aromatic carbocycles. The van der Waals surface area contributed by atoms with E-state index in [-0.39, 0.29) is 24.1 Å². The van der Waals surface area contributed by atoms with Gasteiger partial charge in [0.1, 0.15) is 0 Å². The maximum absolute atomic E-state index is 12.5. The topological polar surface area (TPSA) is 75.5 Å². The SMILES string of the molecule is O=C(NCc1ccccc1[N+](=O)[O-])C1CCCN(Cc2ccccc2)C1. The van der Waals surface area contributed by atoms with Crippen LogP contribution in [0.5, 0.6) is 0 Å². The van der Waals surface area contributed by atoms with Gasteiger partial charge in [-0.05, 0) is 24.9 Å². The van der Waals surface area contributed by atoms with Gasteiger partial charge in [0, 0.05) is 31.3 Å². The lowest BCUT2D eigenvalue weighted by atomic mass is 9.96. The Bertz CT molecular complexity index is 764. The van der Waals surface area contributed by atoms with E-state index in [2.05, 4.69) is 22.3 Å². The number of para-hydroxylation sites is 1. The van der Waals surface area contributed by atoms with Gasteiger partial charge in [-0.3, -0.25) is 19.8 Å². The van der Waals surface area contributed by atoms with E-state index in [0.717, 1.165) is 32.5 Å². The Kier molecular flexibility index (Phi) is 5.96. The lowest BCUT2D eigenvalue weighted by Gasteiger charge is -2.32. The van der Waals surface area contributed by atoms with Crippen LogP contribution in [0, 0.1) is 16.0 Å². The van der Waals surface area contributed by atoms with Gasteiger partial charge in [0.15, 0.2) is 0 Å². The molecule has 1 aliphatic rings. The number of likely N-dealkylation sites (tertiary alicyclic amines) is 1. The van der Waals surface area contributed by atoms with Crippen LogP contribution in [0.15, 0.2) is 54.6 Å². The molecule has 6 heteroatoms. The first-order valence-corrected chi connectivity index (χ1v) is 8.90. The second-order valence-corrected chi connectivity index (χ2v) is 6.66. The van der Waals surface area contributed by atoms with E-state index in [1.807, 2.05) is 18.2 Å². The molecular formula is C20H23N3O3. The second kappa shape index (κ2) is 8.58. The van der Waals surface area contributed by atoms with Crippen molar-refractivity contribution in [3.63, 3.8) is 0 Å². The van der Waals surface area contributed by atoms with Crippen molar-refractivity contribution in [3.8, 4) is 0 Å². The number of amides is 1. The summed E-state index contributed by atoms with van der Waals surface area (Å²) in [6.07, 6.45) is 1.84. The molecule has 1 amide bonds. The predicted octanol–water partition coefficient (Wildman–Crippen LogP) is 3.12. The van der Waals surface area contributed by atoms with Crippen molar-refractivity contribution < 1.29 is 9.72 Å². The normalized spacial score (nSPS) is 17.6. The molecule has 0 radical (unpaired) electrons. The van der Waals surface area contributed by atoms with E-state index in [0.29, 0.717) is 5.56 Å². The molecule has 1 N–H and O–H groups in total.